The Morgan fingerprint density at radius 2 is 1.97 bits per heavy atom. The number of anilines is 1. The summed E-state index contributed by atoms with van der Waals surface area (Å²) < 4.78 is 0. The molecule has 0 aliphatic carbocycles. The Kier molecular flexibility index (Phi) is 6.77. The number of rotatable bonds is 7. The lowest BCUT2D eigenvalue weighted by Gasteiger charge is -2.35. The maximum atomic E-state index is 9.43. The van der Waals surface area contributed by atoms with Crippen LogP contribution in [-0.2, 0) is 12.8 Å². The number of nitrogens with zero attached hydrogens (tertiary/aromatic N) is 2. The molecule has 1 N–H and O–H groups in total. The van der Waals surface area contributed by atoms with Gasteiger partial charge in [0.05, 0.1) is 11.6 Å². The normalized spacial score (nSPS) is 15.4. The molecule has 30 heavy (non-hydrogen) atoms. The van der Waals surface area contributed by atoms with Crippen molar-refractivity contribution in [2.75, 3.05) is 5.32 Å². The van der Waals surface area contributed by atoms with Crippen molar-refractivity contribution in [3.8, 4) is 6.07 Å². The maximum absolute atomic E-state index is 9.43. The van der Waals surface area contributed by atoms with Crippen molar-refractivity contribution in [3.63, 3.8) is 0 Å². The summed E-state index contributed by atoms with van der Waals surface area (Å²) in [6, 6.07) is 8.46. The third-order valence-corrected chi connectivity index (χ3v) is 6.07. The SMILES string of the molecule is C=C(CCC)C1=C(C)Nc2c(C)cnc(CCC)c2C1c1ccc(C#N)cc1CC. The molecule has 0 radical (unpaired) electrons. The second kappa shape index (κ2) is 9.30. The van der Waals surface area contributed by atoms with Gasteiger partial charge in [-0.05, 0) is 73.1 Å². The summed E-state index contributed by atoms with van der Waals surface area (Å²) in [5.74, 6) is 0.0944. The highest BCUT2D eigenvalue weighted by Crippen LogP contribution is 2.48. The predicted molar refractivity (Wildman–Crippen MR) is 126 cm³/mol. The van der Waals surface area contributed by atoms with Gasteiger partial charge in [0, 0.05) is 34.8 Å². The molecule has 1 aliphatic heterocycles. The molecule has 2 heterocycles. The highest BCUT2D eigenvalue weighted by molar-refractivity contribution is 5.72. The fraction of sp³-hybridized carbons (Fsp3) is 0.407. The average molecular weight is 400 g/mol. The van der Waals surface area contributed by atoms with Gasteiger partial charge in [-0.15, -0.1) is 0 Å². The van der Waals surface area contributed by atoms with E-state index in [2.05, 4.69) is 64.7 Å². The van der Waals surface area contributed by atoms with Gasteiger partial charge in [-0.25, -0.2) is 0 Å². The molecule has 1 atom stereocenters. The second-order valence-corrected chi connectivity index (χ2v) is 8.26. The number of aryl methyl sites for hydroxylation is 3. The number of nitriles is 1. The van der Waals surface area contributed by atoms with Crippen LogP contribution in [-0.4, -0.2) is 4.98 Å². The summed E-state index contributed by atoms with van der Waals surface area (Å²) in [4.78, 5) is 4.87. The molecule has 0 saturated carbocycles. The summed E-state index contributed by atoms with van der Waals surface area (Å²) in [6.07, 6.45) is 6.92. The van der Waals surface area contributed by atoms with E-state index in [9.17, 15) is 5.26 Å². The van der Waals surface area contributed by atoms with Crippen LogP contribution in [0.25, 0.3) is 0 Å². The van der Waals surface area contributed by atoms with Crippen molar-refractivity contribution in [3.05, 3.63) is 81.3 Å². The summed E-state index contributed by atoms with van der Waals surface area (Å²) in [5.41, 5.74) is 11.7. The zero-order valence-electron chi connectivity index (χ0n) is 19.0. The van der Waals surface area contributed by atoms with Crippen LogP contribution in [0.5, 0.6) is 0 Å². The van der Waals surface area contributed by atoms with Gasteiger partial charge in [0.2, 0.25) is 0 Å². The molecule has 3 heteroatoms. The van der Waals surface area contributed by atoms with Crippen molar-refractivity contribution in [2.24, 2.45) is 0 Å². The lowest BCUT2D eigenvalue weighted by Crippen LogP contribution is -2.23. The van der Waals surface area contributed by atoms with E-state index in [0.29, 0.717) is 0 Å². The van der Waals surface area contributed by atoms with Crippen molar-refractivity contribution >= 4 is 5.69 Å². The molecule has 1 aliphatic rings. The van der Waals surface area contributed by atoms with Crippen LogP contribution in [0.3, 0.4) is 0 Å². The molecule has 3 rings (SSSR count). The first-order valence-electron chi connectivity index (χ1n) is 11.1. The molecule has 0 fully saturated rings. The summed E-state index contributed by atoms with van der Waals surface area (Å²) in [5, 5.41) is 13.1. The quantitative estimate of drug-likeness (QED) is 0.547. The lowest BCUT2D eigenvalue weighted by molar-refractivity contribution is 0.793. The topological polar surface area (TPSA) is 48.7 Å². The minimum atomic E-state index is 0.0944. The molecule has 3 nitrogen and oxygen atoms in total. The first kappa shape index (κ1) is 21.8. The molecule has 1 unspecified atom stereocenters. The van der Waals surface area contributed by atoms with Gasteiger partial charge in [0.1, 0.15) is 0 Å². The Labute approximate surface area is 181 Å². The maximum Gasteiger partial charge on any atom is 0.0991 e. The number of hydrogen-bond acceptors (Lipinski definition) is 3. The second-order valence-electron chi connectivity index (χ2n) is 8.26. The lowest BCUT2D eigenvalue weighted by atomic mass is 9.74. The van der Waals surface area contributed by atoms with Gasteiger partial charge in [-0.1, -0.05) is 46.3 Å². The van der Waals surface area contributed by atoms with Gasteiger partial charge in [-0.2, -0.15) is 5.26 Å². The molecular formula is C27H33N3. The Bertz CT molecular complexity index is 1040. The third-order valence-electron chi connectivity index (χ3n) is 6.07. The molecular weight excluding hydrogens is 366 g/mol. The number of hydrogen-bond donors (Lipinski definition) is 1. The Morgan fingerprint density at radius 1 is 1.20 bits per heavy atom. The van der Waals surface area contributed by atoms with E-state index in [4.69, 9.17) is 4.98 Å². The van der Waals surface area contributed by atoms with Gasteiger partial charge >= 0.3 is 0 Å². The number of benzene rings is 1. The predicted octanol–water partition coefficient (Wildman–Crippen LogP) is 6.96. The molecule has 1 aromatic heterocycles. The molecule has 2 aromatic rings. The fourth-order valence-electron chi connectivity index (χ4n) is 4.67. The molecule has 0 bridgehead atoms. The molecule has 0 saturated heterocycles. The van der Waals surface area contributed by atoms with Crippen LogP contribution in [0, 0.1) is 18.3 Å². The van der Waals surface area contributed by atoms with E-state index in [1.54, 1.807) is 0 Å². The fourth-order valence-corrected chi connectivity index (χ4v) is 4.67. The van der Waals surface area contributed by atoms with Crippen LogP contribution < -0.4 is 5.32 Å². The Hall–Kier alpha value is -2.86. The largest absolute Gasteiger partial charge is 0.358 e. The molecule has 1 aromatic carbocycles. The number of aromatic nitrogens is 1. The van der Waals surface area contributed by atoms with E-state index in [1.807, 2.05) is 12.3 Å². The first-order valence-corrected chi connectivity index (χ1v) is 11.1. The van der Waals surface area contributed by atoms with Gasteiger partial charge in [0.15, 0.2) is 0 Å². The van der Waals surface area contributed by atoms with Crippen LogP contribution in [0.15, 0.2) is 47.8 Å². The third kappa shape index (κ3) is 3.92. The number of fused-ring (bicyclic) bond motifs is 1. The standard InChI is InChI=1S/C27H33N3/c1-7-10-17(4)24-19(6)30-27-18(5)16-29-23(11-8-2)26(27)25(24)22-13-12-20(15-28)14-21(22)9-3/h12-14,16,25,30H,4,7-11H2,1-3,5-6H3. The molecule has 0 spiro atoms. The Morgan fingerprint density at radius 3 is 2.60 bits per heavy atom. The molecule has 0 amide bonds. The van der Waals surface area contributed by atoms with Crippen molar-refractivity contribution < 1.29 is 0 Å². The smallest absolute Gasteiger partial charge is 0.0991 e. The minimum Gasteiger partial charge on any atom is -0.358 e. The summed E-state index contributed by atoms with van der Waals surface area (Å²) in [6.45, 7) is 15.4. The van der Waals surface area contributed by atoms with Gasteiger partial charge < -0.3 is 5.32 Å². The zero-order valence-corrected chi connectivity index (χ0v) is 19.0. The van der Waals surface area contributed by atoms with Gasteiger partial charge in [-0.3, -0.25) is 4.98 Å². The van der Waals surface area contributed by atoms with Crippen molar-refractivity contribution in [2.45, 2.75) is 72.6 Å². The van der Waals surface area contributed by atoms with E-state index in [0.717, 1.165) is 43.4 Å². The van der Waals surface area contributed by atoms with E-state index >= 15 is 0 Å². The average Bonchev–Trinajstić information content (AvgIpc) is 2.74. The van der Waals surface area contributed by atoms with Crippen LogP contribution in [0.4, 0.5) is 5.69 Å². The van der Waals surface area contributed by atoms with Crippen LogP contribution in [0.2, 0.25) is 0 Å². The zero-order chi connectivity index (χ0) is 21.8. The van der Waals surface area contributed by atoms with Gasteiger partial charge in [0.25, 0.3) is 0 Å². The highest BCUT2D eigenvalue weighted by Gasteiger charge is 2.33. The first-order chi connectivity index (χ1) is 14.5. The van der Waals surface area contributed by atoms with E-state index in [-0.39, 0.29) is 5.92 Å². The summed E-state index contributed by atoms with van der Waals surface area (Å²) in [7, 11) is 0. The van der Waals surface area contributed by atoms with Crippen LogP contribution >= 0.6 is 0 Å². The van der Waals surface area contributed by atoms with E-state index < -0.39 is 0 Å². The van der Waals surface area contributed by atoms with Crippen molar-refractivity contribution in [1.82, 2.24) is 4.98 Å². The minimum absolute atomic E-state index is 0.0944. The molecule has 156 valence electrons. The van der Waals surface area contributed by atoms with Crippen LogP contribution in [0.1, 0.15) is 86.4 Å². The monoisotopic (exact) mass is 399 g/mol. The van der Waals surface area contributed by atoms with Crippen molar-refractivity contribution in [1.29, 1.82) is 5.26 Å². The number of allylic oxidation sites excluding steroid dienone is 3. The number of pyridine rings is 1. The Balaban J connectivity index is 2.35. The number of nitrogens with one attached hydrogen (secondary N) is 1. The van der Waals surface area contributed by atoms with E-state index in [1.165, 1.54) is 44.8 Å². The summed E-state index contributed by atoms with van der Waals surface area (Å²) >= 11 is 0. The highest BCUT2D eigenvalue weighted by atomic mass is 14.9.